The first-order valence-electron chi connectivity index (χ1n) is 6.41. The predicted molar refractivity (Wildman–Crippen MR) is 77.0 cm³/mol. The fourth-order valence-electron chi connectivity index (χ4n) is 1.77. The summed E-state index contributed by atoms with van der Waals surface area (Å²) in [5, 5.41) is 21.6. The second kappa shape index (κ2) is 6.77. The molecule has 3 N–H and O–H groups in total. The van der Waals surface area contributed by atoms with Crippen molar-refractivity contribution in [3.63, 3.8) is 0 Å². The van der Waals surface area contributed by atoms with Crippen molar-refractivity contribution in [1.82, 2.24) is 4.98 Å². The van der Waals surface area contributed by atoms with Crippen molar-refractivity contribution < 1.29 is 14.9 Å². The van der Waals surface area contributed by atoms with Gasteiger partial charge in [-0.3, -0.25) is 0 Å². The summed E-state index contributed by atoms with van der Waals surface area (Å²) in [6.45, 7) is 2.70. The minimum Gasteiger partial charge on any atom is -0.508 e. The van der Waals surface area contributed by atoms with Gasteiger partial charge in [0, 0.05) is 18.2 Å². The highest BCUT2D eigenvalue weighted by molar-refractivity contribution is 5.45. The Morgan fingerprint density at radius 1 is 1.25 bits per heavy atom. The zero-order valence-corrected chi connectivity index (χ0v) is 11.3. The number of phenolic OH excluding ortho intramolecular Hbond substituents is 1. The van der Waals surface area contributed by atoms with Crippen molar-refractivity contribution in [1.29, 1.82) is 0 Å². The summed E-state index contributed by atoms with van der Waals surface area (Å²) < 4.78 is 5.18. The van der Waals surface area contributed by atoms with Crippen molar-refractivity contribution in [2.24, 2.45) is 0 Å². The van der Waals surface area contributed by atoms with Crippen LogP contribution in [0, 0.1) is 6.92 Å². The van der Waals surface area contributed by atoms with Gasteiger partial charge in [0.2, 0.25) is 5.88 Å². The molecule has 0 radical (unpaired) electrons. The van der Waals surface area contributed by atoms with E-state index in [1.807, 2.05) is 25.1 Å². The van der Waals surface area contributed by atoms with E-state index in [0.717, 1.165) is 16.8 Å². The molecule has 1 heterocycles. The summed E-state index contributed by atoms with van der Waals surface area (Å²) in [6, 6.07) is 9.07. The van der Waals surface area contributed by atoms with Crippen LogP contribution in [0.5, 0.6) is 11.6 Å². The molecule has 1 aromatic carbocycles. The maximum Gasteiger partial charge on any atom is 0.213 e. The molecule has 0 fully saturated rings. The number of ether oxygens (including phenoxy) is 1. The second-order valence-electron chi connectivity index (χ2n) is 4.44. The molecule has 0 saturated carbocycles. The molecule has 2 rings (SSSR count). The largest absolute Gasteiger partial charge is 0.508 e. The van der Waals surface area contributed by atoms with Gasteiger partial charge in [-0.1, -0.05) is 17.7 Å². The van der Waals surface area contributed by atoms with Crippen molar-refractivity contribution >= 4 is 5.69 Å². The summed E-state index contributed by atoms with van der Waals surface area (Å²) in [5.41, 5.74) is 2.78. The number of phenols is 1. The molecule has 20 heavy (non-hydrogen) atoms. The third kappa shape index (κ3) is 3.86. The second-order valence-corrected chi connectivity index (χ2v) is 4.44. The lowest BCUT2D eigenvalue weighted by molar-refractivity contribution is 0.196. The maximum absolute atomic E-state index is 9.75. The highest BCUT2D eigenvalue weighted by atomic mass is 16.5. The number of aryl methyl sites for hydroxylation is 1. The number of anilines is 1. The lowest BCUT2D eigenvalue weighted by atomic mass is 10.1. The van der Waals surface area contributed by atoms with E-state index in [1.165, 1.54) is 0 Å². The molecule has 5 nitrogen and oxygen atoms in total. The smallest absolute Gasteiger partial charge is 0.213 e. The molecule has 0 unspecified atom stereocenters. The molecule has 0 saturated heterocycles. The highest BCUT2D eigenvalue weighted by Crippen LogP contribution is 2.20. The van der Waals surface area contributed by atoms with Crippen LogP contribution in [0.15, 0.2) is 36.5 Å². The van der Waals surface area contributed by atoms with Crippen LogP contribution in [0.25, 0.3) is 0 Å². The van der Waals surface area contributed by atoms with Crippen molar-refractivity contribution in [3.05, 3.63) is 47.7 Å². The van der Waals surface area contributed by atoms with Gasteiger partial charge in [0.05, 0.1) is 18.5 Å². The minimum atomic E-state index is -0.0334. The summed E-state index contributed by atoms with van der Waals surface area (Å²) in [7, 11) is 0. The van der Waals surface area contributed by atoms with Gasteiger partial charge in [0.25, 0.3) is 0 Å². The Morgan fingerprint density at radius 3 is 2.80 bits per heavy atom. The van der Waals surface area contributed by atoms with Crippen LogP contribution in [0.2, 0.25) is 0 Å². The van der Waals surface area contributed by atoms with E-state index in [2.05, 4.69) is 10.3 Å². The van der Waals surface area contributed by atoms with E-state index in [0.29, 0.717) is 12.4 Å². The zero-order valence-electron chi connectivity index (χ0n) is 11.3. The number of benzene rings is 1. The molecule has 0 aliphatic rings. The number of nitrogens with zero attached hydrogens (tertiary/aromatic N) is 1. The van der Waals surface area contributed by atoms with E-state index in [1.54, 1.807) is 18.3 Å². The van der Waals surface area contributed by atoms with Gasteiger partial charge in [-0.25, -0.2) is 4.98 Å². The quantitative estimate of drug-likeness (QED) is 0.752. The summed E-state index contributed by atoms with van der Waals surface area (Å²) in [6.07, 6.45) is 1.65. The summed E-state index contributed by atoms with van der Waals surface area (Å²) in [5.74, 6) is 0.752. The van der Waals surface area contributed by atoms with Gasteiger partial charge in [-0.2, -0.15) is 0 Å². The van der Waals surface area contributed by atoms with Crippen molar-refractivity contribution in [2.75, 3.05) is 18.5 Å². The van der Waals surface area contributed by atoms with Crippen molar-refractivity contribution in [2.45, 2.75) is 13.5 Å². The fraction of sp³-hybridized carbons (Fsp3) is 0.267. The number of aromatic hydroxyl groups is 1. The first-order chi connectivity index (χ1) is 9.69. The third-order valence-corrected chi connectivity index (χ3v) is 2.80. The van der Waals surface area contributed by atoms with E-state index in [-0.39, 0.29) is 19.0 Å². The highest BCUT2D eigenvalue weighted by Gasteiger charge is 2.02. The number of aliphatic hydroxyl groups excluding tert-OH is 1. The van der Waals surface area contributed by atoms with Gasteiger partial charge in [0.1, 0.15) is 12.4 Å². The van der Waals surface area contributed by atoms with Gasteiger partial charge in [-0.05, 0) is 19.1 Å². The average Bonchev–Trinajstić information content (AvgIpc) is 2.47. The van der Waals surface area contributed by atoms with E-state index < -0.39 is 0 Å². The number of aliphatic hydroxyl groups is 1. The monoisotopic (exact) mass is 274 g/mol. The molecule has 106 valence electrons. The Hall–Kier alpha value is -2.27. The summed E-state index contributed by atoms with van der Waals surface area (Å²) >= 11 is 0. The molecule has 2 aromatic rings. The van der Waals surface area contributed by atoms with Crippen LogP contribution in [0.3, 0.4) is 0 Å². The number of rotatable bonds is 6. The molecule has 0 bridgehead atoms. The predicted octanol–water partition coefficient (Wildman–Crippen LogP) is 2.08. The standard InChI is InChI=1S/C15H18N2O3/c1-11-2-4-14(19)12(8-11)9-16-13-3-5-15(17-10-13)20-7-6-18/h2-5,8,10,16,18-19H,6-7,9H2,1H3. The molecule has 0 spiro atoms. The first kappa shape index (κ1) is 14.1. The Morgan fingerprint density at radius 2 is 2.10 bits per heavy atom. The average molecular weight is 274 g/mol. The minimum absolute atomic E-state index is 0.0334. The molecule has 5 heteroatoms. The zero-order chi connectivity index (χ0) is 14.4. The van der Waals surface area contributed by atoms with Crippen molar-refractivity contribution in [3.8, 4) is 11.6 Å². The first-order valence-corrected chi connectivity index (χ1v) is 6.41. The number of hydrogen-bond donors (Lipinski definition) is 3. The van der Waals surface area contributed by atoms with Gasteiger partial charge in [0.15, 0.2) is 0 Å². The molecule has 0 aliphatic carbocycles. The van der Waals surface area contributed by atoms with Gasteiger partial charge in [-0.15, -0.1) is 0 Å². The van der Waals surface area contributed by atoms with Crippen LogP contribution in [0.4, 0.5) is 5.69 Å². The van der Waals surface area contributed by atoms with E-state index in [4.69, 9.17) is 9.84 Å². The van der Waals surface area contributed by atoms with E-state index >= 15 is 0 Å². The Kier molecular flexibility index (Phi) is 4.79. The Balaban J connectivity index is 1.95. The molecule has 0 amide bonds. The van der Waals surface area contributed by atoms with Gasteiger partial charge >= 0.3 is 0 Å². The van der Waals surface area contributed by atoms with Gasteiger partial charge < -0.3 is 20.3 Å². The number of hydrogen-bond acceptors (Lipinski definition) is 5. The molecular formula is C15H18N2O3. The topological polar surface area (TPSA) is 74.6 Å². The fourth-order valence-corrected chi connectivity index (χ4v) is 1.77. The summed E-state index contributed by atoms with van der Waals surface area (Å²) in [4.78, 5) is 4.11. The molecule has 0 aliphatic heterocycles. The number of aromatic nitrogens is 1. The van der Waals surface area contributed by atoms with Crippen LogP contribution < -0.4 is 10.1 Å². The van der Waals surface area contributed by atoms with Crippen LogP contribution in [-0.4, -0.2) is 28.4 Å². The SMILES string of the molecule is Cc1ccc(O)c(CNc2ccc(OCCO)nc2)c1. The normalized spacial score (nSPS) is 10.3. The third-order valence-electron chi connectivity index (χ3n) is 2.80. The molecule has 1 aromatic heterocycles. The van der Waals surface area contributed by atoms with Crippen LogP contribution >= 0.6 is 0 Å². The number of pyridine rings is 1. The van der Waals surface area contributed by atoms with Crippen LogP contribution in [0.1, 0.15) is 11.1 Å². The van der Waals surface area contributed by atoms with Crippen LogP contribution in [-0.2, 0) is 6.54 Å². The van der Waals surface area contributed by atoms with E-state index in [9.17, 15) is 5.11 Å². The Bertz CT molecular complexity index is 556. The maximum atomic E-state index is 9.75. The lowest BCUT2D eigenvalue weighted by Crippen LogP contribution is -2.04. The Labute approximate surface area is 117 Å². The number of nitrogens with one attached hydrogen (secondary N) is 1. The lowest BCUT2D eigenvalue weighted by Gasteiger charge is -2.09. The molecule has 0 atom stereocenters. The molecular weight excluding hydrogens is 256 g/mol.